The summed E-state index contributed by atoms with van der Waals surface area (Å²) in [7, 11) is 3.83. The number of anilines is 1. The number of nitrogens with zero attached hydrogens (tertiary/aromatic N) is 4. The zero-order chi connectivity index (χ0) is 20.4. The number of fused-ring (bicyclic) bond motifs is 1. The number of hydrogen-bond acceptors (Lipinski definition) is 5. The topological polar surface area (TPSA) is 74.6 Å². The Labute approximate surface area is 193 Å². The Hall–Kier alpha value is -2.42. The van der Waals surface area contributed by atoms with Crippen LogP contribution in [0.5, 0.6) is 0 Å². The van der Waals surface area contributed by atoms with Crippen LogP contribution in [0.3, 0.4) is 0 Å². The molecule has 4 rings (SSSR count). The molecule has 0 aliphatic heterocycles. The first-order valence-corrected chi connectivity index (χ1v) is 9.85. The molecule has 0 atom stereocenters. The van der Waals surface area contributed by atoms with Gasteiger partial charge in [-0.05, 0) is 57.6 Å². The van der Waals surface area contributed by atoms with Crippen LogP contribution in [0.1, 0.15) is 29.6 Å². The standard InChI is InChI=1S/C21H25FN6O.2ClH/c1-27(2)11-10-23-21(29)16-7-6-14(12-17(16)22)18-13-24-20-9-8-19(26-28(18)20)25-15-4-3-5-15;;/h6-9,12-13,15H,3-5,10-11H2,1-2H3,(H,23,29)(H,25,26);2*1H. The van der Waals surface area contributed by atoms with E-state index in [9.17, 15) is 9.18 Å². The Morgan fingerprint density at radius 3 is 2.65 bits per heavy atom. The number of halogens is 3. The summed E-state index contributed by atoms with van der Waals surface area (Å²) in [6, 6.07) is 8.85. The SMILES string of the molecule is CN(C)CCNC(=O)c1ccc(-c2cnc3ccc(NC4CCC4)nn23)cc1F.Cl.Cl. The molecule has 0 spiro atoms. The number of carbonyl (C=O) groups excluding carboxylic acids is 1. The second-order valence-corrected chi connectivity index (χ2v) is 7.66. The minimum Gasteiger partial charge on any atom is -0.366 e. The van der Waals surface area contributed by atoms with E-state index in [1.54, 1.807) is 16.8 Å². The highest BCUT2D eigenvalue weighted by Gasteiger charge is 2.18. The van der Waals surface area contributed by atoms with Crippen molar-refractivity contribution in [1.82, 2.24) is 24.8 Å². The van der Waals surface area contributed by atoms with E-state index in [-0.39, 0.29) is 30.4 Å². The molecule has 1 aromatic carbocycles. The first-order chi connectivity index (χ1) is 14.0. The number of rotatable bonds is 7. The molecule has 2 aromatic heterocycles. The highest BCUT2D eigenvalue weighted by atomic mass is 35.5. The van der Waals surface area contributed by atoms with Crippen LogP contribution in [0.15, 0.2) is 36.5 Å². The molecule has 10 heteroatoms. The third-order valence-corrected chi connectivity index (χ3v) is 5.17. The van der Waals surface area contributed by atoms with E-state index in [4.69, 9.17) is 0 Å². The quantitative estimate of drug-likeness (QED) is 0.553. The summed E-state index contributed by atoms with van der Waals surface area (Å²) in [5, 5.41) is 10.8. The van der Waals surface area contributed by atoms with Crippen molar-refractivity contribution in [2.24, 2.45) is 0 Å². The molecule has 1 amide bonds. The smallest absolute Gasteiger partial charge is 0.254 e. The van der Waals surface area contributed by atoms with Gasteiger partial charge in [0, 0.05) is 24.7 Å². The van der Waals surface area contributed by atoms with Crippen molar-refractivity contribution in [3.05, 3.63) is 47.9 Å². The second kappa shape index (κ2) is 10.7. The van der Waals surface area contributed by atoms with Crippen LogP contribution in [0.25, 0.3) is 16.9 Å². The lowest BCUT2D eigenvalue weighted by Gasteiger charge is -2.26. The van der Waals surface area contributed by atoms with Crippen molar-refractivity contribution in [3.63, 3.8) is 0 Å². The lowest BCUT2D eigenvalue weighted by atomic mass is 9.93. The predicted molar refractivity (Wildman–Crippen MR) is 125 cm³/mol. The minimum absolute atomic E-state index is 0. The highest BCUT2D eigenvalue weighted by Crippen LogP contribution is 2.25. The third kappa shape index (κ3) is 5.64. The summed E-state index contributed by atoms with van der Waals surface area (Å²) >= 11 is 0. The Bertz CT molecular complexity index is 1040. The molecule has 168 valence electrons. The van der Waals surface area contributed by atoms with Crippen LogP contribution in [0.2, 0.25) is 0 Å². The molecule has 3 aromatic rings. The summed E-state index contributed by atoms with van der Waals surface area (Å²) in [6.45, 7) is 1.15. The van der Waals surface area contributed by atoms with Gasteiger partial charge in [-0.3, -0.25) is 4.79 Å². The van der Waals surface area contributed by atoms with E-state index in [2.05, 4.69) is 20.7 Å². The van der Waals surface area contributed by atoms with Crippen molar-refractivity contribution >= 4 is 42.2 Å². The van der Waals surface area contributed by atoms with E-state index >= 15 is 0 Å². The lowest BCUT2D eigenvalue weighted by Crippen LogP contribution is -2.31. The van der Waals surface area contributed by atoms with Crippen LogP contribution in [0.4, 0.5) is 10.2 Å². The van der Waals surface area contributed by atoms with Gasteiger partial charge in [-0.1, -0.05) is 6.07 Å². The Balaban J connectivity index is 0.00000171. The first-order valence-electron chi connectivity index (χ1n) is 9.85. The Kier molecular flexibility index (Phi) is 8.61. The van der Waals surface area contributed by atoms with Gasteiger partial charge in [0.1, 0.15) is 11.6 Å². The fraction of sp³-hybridized carbons (Fsp3) is 0.381. The van der Waals surface area contributed by atoms with Crippen molar-refractivity contribution < 1.29 is 9.18 Å². The molecule has 0 unspecified atom stereocenters. The predicted octanol–water partition coefficient (Wildman–Crippen LogP) is 3.63. The monoisotopic (exact) mass is 468 g/mol. The number of likely N-dealkylation sites (N-methyl/N-ethyl adjacent to an activating group) is 1. The van der Waals surface area contributed by atoms with E-state index in [1.807, 2.05) is 31.1 Å². The fourth-order valence-corrected chi connectivity index (χ4v) is 3.26. The summed E-state index contributed by atoms with van der Waals surface area (Å²) < 4.78 is 16.4. The van der Waals surface area contributed by atoms with E-state index in [0.29, 0.717) is 36.0 Å². The molecule has 2 heterocycles. The maximum absolute atomic E-state index is 14.6. The van der Waals surface area contributed by atoms with Gasteiger partial charge in [0.05, 0.1) is 17.5 Å². The van der Waals surface area contributed by atoms with Gasteiger partial charge < -0.3 is 15.5 Å². The van der Waals surface area contributed by atoms with Gasteiger partial charge in [-0.25, -0.2) is 13.9 Å². The highest BCUT2D eigenvalue weighted by molar-refractivity contribution is 5.95. The molecular weight excluding hydrogens is 442 g/mol. The van der Waals surface area contributed by atoms with Crippen molar-refractivity contribution in [2.45, 2.75) is 25.3 Å². The van der Waals surface area contributed by atoms with Gasteiger partial charge in [0.25, 0.3) is 5.91 Å². The fourth-order valence-electron chi connectivity index (χ4n) is 3.26. The average molecular weight is 469 g/mol. The largest absolute Gasteiger partial charge is 0.366 e. The van der Waals surface area contributed by atoms with E-state index in [1.165, 1.54) is 18.6 Å². The molecule has 1 fully saturated rings. The number of benzene rings is 1. The van der Waals surface area contributed by atoms with Gasteiger partial charge >= 0.3 is 0 Å². The molecule has 0 radical (unpaired) electrons. The summed E-state index contributed by atoms with van der Waals surface area (Å²) in [4.78, 5) is 18.5. The second-order valence-electron chi connectivity index (χ2n) is 7.66. The van der Waals surface area contributed by atoms with Gasteiger partial charge in [-0.15, -0.1) is 29.9 Å². The average Bonchev–Trinajstić information content (AvgIpc) is 3.07. The van der Waals surface area contributed by atoms with Crippen LogP contribution in [-0.4, -0.2) is 58.6 Å². The van der Waals surface area contributed by atoms with Crippen LogP contribution < -0.4 is 10.6 Å². The third-order valence-electron chi connectivity index (χ3n) is 5.17. The van der Waals surface area contributed by atoms with E-state index < -0.39 is 11.7 Å². The lowest BCUT2D eigenvalue weighted by molar-refractivity contribution is 0.0947. The van der Waals surface area contributed by atoms with Crippen LogP contribution in [0, 0.1) is 5.82 Å². The molecule has 2 N–H and O–H groups in total. The molecule has 1 aliphatic carbocycles. The molecule has 0 saturated heterocycles. The number of amides is 1. The molecule has 0 bridgehead atoms. The zero-order valence-electron chi connectivity index (χ0n) is 17.5. The van der Waals surface area contributed by atoms with Crippen LogP contribution in [-0.2, 0) is 0 Å². The summed E-state index contributed by atoms with van der Waals surface area (Å²) in [5.74, 6) is -0.207. The normalized spacial score (nSPS) is 13.3. The molecule has 1 aliphatic rings. The number of carbonyl (C=O) groups is 1. The first kappa shape index (κ1) is 24.8. The maximum Gasteiger partial charge on any atom is 0.254 e. The maximum atomic E-state index is 14.6. The van der Waals surface area contributed by atoms with Crippen LogP contribution >= 0.6 is 24.8 Å². The summed E-state index contributed by atoms with van der Waals surface area (Å²) in [6.07, 6.45) is 5.21. The molecular formula is C21H27Cl2FN6O. The molecule has 7 nitrogen and oxygen atoms in total. The molecule has 1 saturated carbocycles. The zero-order valence-corrected chi connectivity index (χ0v) is 19.1. The number of aromatic nitrogens is 3. The van der Waals surface area contributed by atoms with Gasteiger partial charge in [0.2, 0.25) is 0 Å². The summed E-state index contributed by atoms with van der Waals surface area (Å²) in [5.41, 5.74) is 2.01. The number of hydrogen-bond donors (Lipinski definition) is 2. The Morgan fingerprint density at radius 1 is 1.23 bits per heavy atom. The van der Waals surface area contributed by atoms with Gasteiger partial charge in [-0.2, -0.15) is 0 Å². The van der Waals surface area contributed by atoms with Crippen molar-refractivity contribution in [2.75, 3.05) is 32.5 Å². The molecule has 31 heavy (non-hydrogen) atoms. The Morgan fingerprint density at radius 2 is 2.00 bits per heavy atom. The minimum atomic E-state index is -0.566. The number of nitrogens with one attached hydrogen (secondary N) is 2. The van der Waals surface area contributed by atoms with E-state index in [0.717, 1.165) is 18.7 Å². The van der Waals surface area contributed by atoms with Gasteiger partial charge in [0.15, 0.2) is 5.65 Å². The van der Waals surface area contributed by atoms with Crippen molar-refractivity contribution in [3.8, 4) is 11.3 Å². The van der Waals surface area contributed by atoms with Crippen molar-refractivity contribution in [1.29, 1.82) is 0 Å². The number of imidazole rings is 1.